The summed E-state index contributed by atoms with van der Waals surface area (Å²) in [4.78, 5) is 7.11. The number of fused-ring (bicyclic) bond motifs is 2. The standard InChI is InChI=1S/C20H24N2S.ClH/c1-6-13-21(14-7-1)15-8-16-22-17-9-2-4-11-19(17)23-20-12-5-3-10-18(20)22;/h2-5,9-12H,1,6-8,13-16H2;1H. The van der Waals surface area contributed by atoms with Crippen molar-refractivity contribution in [3.63, 3.8) is 0 Å². The summed E-state index contributed by atoms with van der Waals surface area (Å²) in [5, 5.41) is 0. The first-order valence-electron chi connectivity index (χ1n) is 8.89. The van der Waals surface area contributed by atoms with E-state index in [1.165, 1.54) is 66.5 Å². The Morgan fingerprint density at radius 2 is 1.42 bits per heavy atom. The molecule has 0 aliphatic carbocycles. The third-order valence-corrected chi connectivity index (χ3v) is 6.13. The van der Waals surface area contributed by atoms with Crippen molar-refractivity contribution in [1.29, 1.82) is 0 Å². The second-order valence-electron chi connectivity index (χ2n) is 6.60. The van der Waals surface area contributed by atoms with Crippen LogP contribution in [0.15, 0.2) is 58.3 Å². The molecule has 1 N–H and O–H groups in total. The molecule has 1 fully saturated rings. The molecule has 0 spiro atoms. The second-order valence-corrected chi connectivity index (χ2v) is 7.69. The molecule has 0 amide bonds. The van der Waals surface area contributed by atoms with Crippen LogP contribution in [0.25, 0.3) is 0 Å². The molecule has 24 heavy (non-hydrogen) atoms. The molecule has 2 heterocycles. The van der Waals surface area contributed by atoms with Gasteiger partial charge < -0.3 is 22.2 Å². The van der Waals surface area contributed by atoms with Crippen molar-refractivity contribution in [2.24, 2.45) is 0 Å². The SMILES string of the molecule is [Cl-].c1ccc2c(c1)Sc1ccccc1N2CCC[NH+]1CCCCC1. The maximum atomic E-state index is 2.53. The lowest BCUT2D eigenvalue weighted by Crippen LogP contribution is -3.12. The molecule has 2 aliphatic heterocycles. The lowest BCUT2D eigenvalue weighted by molar-refractivity contribution is -0.904. The fourth-order valence-electron chi connectivity index (χ4n) is 3.81. The average molecular weight is 361 g/mol. The van der Waals surface area contributed by atoms with Gasteiger partial charge in [0.05, 0.1) is 31.0 Å². The third-order valence-electron chi connectivity index (χ3n) is 5.00. The third kappa shape index (κ3) is 3.74. The molecule has 0 saturated carbocycles. The minimum atomic E-state index is 0. The Morgan fingerprint density at radius 1 is 0.833 bits per heavy atom. The van der Waals surface area contributed by atoms with E-state index in [0.29, 0.717) is 0 Å². The molecule has 2 aromatic rings. The summed E-state index contributed by atoms with van der Waals surface area (Å²) >= 11 is 1.90. The largest absolute Gasteiger partial charge is 1.00 e. The fourth-order valence-corrected chi connectivity index (χ4v) is 4.91. The number of nitrogens with zero attached hydrogens (tertiary/aromatic N) is 1. The van der Waals surface area contributed by atoms with Gasteiger partial charge >= 0.3 is 0 Å². The second kappa shape index (κ2) is 8.28. The van der Waals surface area contributed by atoms with Crippen molar-refractivity contribution in [2.75, 3.05) is 31.1 Å². The van der Waals surface area contributed by atoms with E-state index in [0.717, 1.165) is 6.54 Å². The molecule has 0 atom stereocenters. The zero-order chi connectivity index (χ0) is 15.5. The Labute approximate surface area is 155 Å². The van der Waals surface area contributed by atoms with E-state index in [1.807, 2.05) is 16.7 Å². The van der Waals surface area contributed by atoms with Crippen LogP contribution in [0.5, 0.6) is 0 Å². The maximum Gasteiger partial charge on any atom is 0.0788 e. The molecule has 0 radical (unpaired) electrons. The van der Waals surface area contributed by atoms with Gasteiger partial charge in [-0.15, -0.1) is 0 Å². The maximum absolute atomic E-state index is 2.53. The van der Waals surface area contributed by atoms with Gasteiger partial charge in [-0.2, -0.15) is 0 Å². The highest BCUT2D eigenvalue weighted by atomic mass is 35.5. The van der Waals surface area contributed by atoms with Gasteiger partial charge in [-0.05, 0) is 43.5 Å². The van der Waals surface area contributed by atoms with Crippen molar-refractivity contribution in [2.45, 2.75) is 35.5 Å². The first-order chi connectivity index (χ1) is 11.4. The molecule has 128 valence electrons. The number of piperidine rings is 1. The minimum Gasteiger partial charge on any atom is -1.00 e. The van der Waals surface area contributed by atoms with Crippen LogP contribution >= 0.6 is 11.8 Å². The molecule has 2 aromatic carbocycles. The number of likely N-dealkylation sites (tertiary alicyclic amines) is 1. The van der Waals surface area contributed by atoms with E-state index in [2.05, 4.69) is 53.4 Å². The highest BCUT2D eigenvalue weighted by Gasteiger charge is 2.23. The smallest absolute Gasteiger partial charge is 0.0788 e. The topological polar surface area (TPSA) is 7.68 Å². The van der Waals surface area contributed by atoms with E-state index < -0.39 is 0 Å². The van der Waals surface area contributed by atoms with Crippen LogP contribution in [0.3, 0.4) is 0 Å². The Kier molecular flexibility index (Phi) is 6.09. The predicted molar refractivity (Wildman–Crippen MR) is 98.0 cm³/mol. The lowest BCUT2D eigenvalue weighted by Gasteiger charge is -2.33. The number of hydrogen-bond acceptors (Lipinski definition) is 2. The molecule has 0 unspecified atom stereocenters. The summed E-state index contributed by atoms with van der Waals surface area (Å²) < 4.78 is 0. The molecule has 0 bridgehead atoms. The number of rotatable bonds is 4. The van der Waals surface area contributed by atoms with Gasteiger partial charge in [-0.3, -0.25) is 0 Å². The molecule has 2 nitrogen and oxygen atoms in total. The summed E-state index contributed by atoms with van der Waals surface area (Å²) in [6, 6.07) is 17.7. The lowest BCUT2D eigenvalue weighted by atomic mass is 10.1. The monoisotopic (exact) mass is 360 g/mol. The Morgan fingerprint density at radius 3 is 2.04 bits per heavy atom. The zero-order valence-electron chi connectivity index (χ0n) is 14.0. The van der Waals surface area contributed by atoms with Crippen LogP contribution in [0, 0.1) is 0 Å². The molecular formula is C20H25ClN2S. The molecule has 4 heteroatoms. The van der Waals surface area contributed by atoms with Crippen LogP contribution in [0.2, 0.25) is 0 Å². The Hall–Kier alpha value is -1.16. The first kappa shape index (κ1) is 17.7. The fraction of sp³-hybridized carbons (Fsp3) is 0.400. The minimum absolute atomic E-state index is 0. The van der Waals surface area contributed by atoms with Crippen molar-refractivity contribution in [1.82, 2.24) is 0 Å². The van der Waals surface area contributed by atoms with Gasteiger partial charge in [0.15, 0.2) is 0 Å². The van der Waals surface area contributed by atoms with Crippen molar-refractivity contribution < 1.29 is 17.3 Å². The normalized spacial score (nSPS) is 16.9. The van der Waals surface area contributed by atoms with Crippen molar-refractivity contribution in [3.8, 4) is 0 Å². The summed E-state index contributed by atoms with van der Waals surface area (Å²) in [7, 11) is 0. The Balaban J connectivity index is 0.00000169. The number of quaternary nitrogens is 1. The van der Waals surface area contributed by atoms with Crippen LogP contribution in [-0.2, 0) is 0 Å². The van der Waals surface area contributed by atoms with Crippen molar-refractivity contribution in [3.05, 3.63) is 48.5 Å². The number of hydrogen-bond donors (Lipinski definition) is 1. The van der Waals surface area contributed by atoms with Gasteiger partial charge in [-0.25, -0.2) is 0 Å². The average Bonchev–Trinajstić information content (AvgIpc) is 2.62. The van der Waals surface area contributed by atoms with Gasteiger partial charge in [-0.1, -0.05) is 36.0 Å². The molecule has 2 aliphatic rings. The summed E-state index contributed by atoms with van der Waals surface area (Å²) in [5.41, 5.74) is 2.76. The Bertz CT molecular complexity index is 625. The van der Waals surface area contributed by atoms with E-state index in [4.69, 9.17) is 0 Å². The predicted octanol–water partition coefficient (Wildman–Crippen LogP) is 0.752. The first-order valence-corrected chi connectivity index (χ1v) is 9.70. The number of halogens is 1. The van der Waals surface area contributed by atoms with Crippen molar-refractivity contribution >= 4 is 23.1 Å². The summed E-state index contributed by atoms with van der Waals surface area (Å²) in [6.07, 6.45) is 5.54. The molecule has 0 aromatic heterocycles. The number of nitrogens with one attached hydrogen (secondary N) is 1. The van der Waals surface area contributed by atoms with Crippen LogP contribution < -0.4 is 22.2 Å². The van der Waals surface area contributed by atoms with Gasteiger partial charge in [0.1, 0.15) is 0 Å². The van der Waals surface area contributed by atoms with E-state index in [9.17, 15) is 0 Å². The number of benzene rings is 2. The van der Waals surface area contributed by atoms with Crippen LogP contribution in [0.4, 0.5) is 11.4 Å². The molecule has 1 saturated heterocycles. The zero-order valence-corrected chi connectivity index (χ0v) is 15.6. The van der Waals surface area contributed by atoms with Gasteiger partial charge in [0.2, 0.25) is 0 Å². The number of anilines is 2. The highest BCUT2D eigenvalue weighted by molar-refractivity contribution is 7.99. The van der Waals surface area contributed by atoms with Crippen LogP contribution in [0.1, 0.15) is 25.7 Å². The summed E-state index contributed by atoms with van der Waals surface area (Å²) in [6.45, 7) is 5.19. The van der Waals surface area contributed by atoms with E-state index in [1.54, 1.807) is 0 Å². The van der Waals surface area contributed by atoms with E-state index in [-0.39, 0.29) is 12.4 Å². The highest BCUT2D eigenvalue weighted by Crippen LogP contribution is 2.47. The van der Waals surface area contributed by atoms with Gasteiger partial charge in [0.25, 0.3) is 0 Å². The van der Waals surface area contributed by atoms with Crippen LogP contribution in [-0.4, -0.2) is 26.2 Å². The quantitative estimate of drug-likeness (QED) is 0.860. The molecule has 4 rings (SSSR count). The van der Waals surface area contributed by atoms with E-state index >= 15 is 0 Å². The number of para-hydroxylation sites is 2. The summed E-state index contributed by atoms with van der Waals surface area (Å²) in [5.74, 6) is 0. The van der Waals surface area contributed by atoms with Gasteiger partial charge in [0, 0.05) is 22.8 Å². The molecular weight excluding hydrogens is 336 g/mol.